The lowest BCUT2D eigenvalue weighted by atomic mass is 10.2. The summed E-state index contributed by atoms with van der Waals surface area (Å²) in [7, 11) is -1.56. The van der Waals surface area contributed by atoms with E-state index in [1.54, 1.807) is 5.19 Å². The van der Waals surface area contributed by atoms with Gasteiger partial charge in [-0.3, -0.25) is 9.88 Å². The Morgan fingerprint density at radius 1 is 1.09 bits per heavy atom. The maximum atomic E-state index is 4.88. The van der Waals surface area contributed by atoms with Crippen molar-refractivity contribution in [1.82, 2.24) is 9.88 Å². The van der Waals surface area contributed by atoms with Crippen LogP contribution in [0.1, 0.15) is 67.0 Å². The SMILES string of the molecule is CC(C)[Si](c1ccc(CN2CCC[C@H]2C)nc1)(C(C)C)C(C)C. The van der Waals surface area contributed by atoms with E-state index in [-0.39, 0.29) is 0 Å². The maximum Gasteiger partial charge on any atom is 0.0962 e. The highest BCUT2D eigenvalue weighted by Crippen LogP contribution is 2.40. The first-order valence-electron chi connectivity index (χ1n) is 9.49. The van der Waals surface area contributed by atoms with Crippen molar-refractivity contribution >= 4 is 13.3 Å². The van der Waals surface area contributed by atoms with Crippen LogP contribution in [-0.2, 0) is 6.54 Å². The van der Waals surface area contributed by atoms with Crippen LogP contribution in [0.5, 0.6) is 0 Å². The fourth-order valence-electron chi connectivity index (χ4n) is 5.21. The molecule has 0 amide bonds. The van der Waals surface area contributed by atoms with E-state index in [0.29, 0.717) is 6.04 Å². The minimum atomic E-state index is -1.56. The predicted octanol–water partition coefficient (Wildman–Crippen LogP) is 4.95. The molecule has 0 N–H and O–H groups in total. The topological polar surface area (TPSA) is 16.1 Å². The molecule has 3 heteroatoms. The number of nitrogens with zero attached hydrogens (tertiary/aromatic N) is 2. The predicted molar refractivity (Wildman–Crippen MR) is 104 cm³/mol. The third-order valence-electron chi connectivity index (χ3n) is 6.25. The van der Waals surface area contributed by atoms with Crippen molar-refractivity contribution in [2.24, 2.45) is 0 Å². The number of hydrogen-bond donors (Lipinski definition) is 0. The van der Waals surface area contributed by atoms with Crippen LogP contribution in [0.15, 0.2) is 18.3 Å². The molecule has 0 aromatic carbocycles. The molecule has 130 valence electrons. The highest BCUT2D eigenvalue weighted by atomic mass is 28.3. The van der Waals surface area contributed by atoms with Gasteiger partial charge < -0.3 is 0 Å². The molecule has 2 heterocycles. The molecule has 2 nitrogen and oxygen atoms in total. The average molecular weight is 333 g/mol. The zero-order valence-corrected chi connectivity index (χ0v) is 17.3. The highest BCUT2D eigenvalue weighted by molar-refractivity contribution is 6.94. The summed E-state index contributed by atoms with van der Waals surface area (Å²) in [6, 6.07) is 5.43. The van der Waals surface area contributed by atoms with Gasteiger partial charge >= 0.3 is 0 Å². The molecule has 1 aromatic heterocycles. The van der Waals surface area contributed by atoms with E-state index in [9.17, 15) is 0 Å². The summed E-state index contributed by atoms with van der Waals surface area (Å²) in [6.07, 6.45) is 4.90. The van der Waals surface area contributed by atoms with E-state index in [1.165, 1.54) is 25.1 Å². The molecule has 0 spiro atoms. The van der Waals surface area contributed by atoms with Crippen LogP contribution in [0.2, 0.25) is 16.6 Å². The first-order chi connectivity index (χ1) is 10.8. The van der Waals surface area contributed by atoms with Crippen molar-refractivity contribution in [3.05, 3.63) is 24.0 Å². The van der Waals surface area contributed by atoms with Crippen LogP contribution in [-0.4, -0.2) is 30.5 Å². The zero-order chi connectivity index (χ0) is 17.2. The van der Waals surface area contributed by atoms with Crippen LogP contribution < -0.4 is 5.19 Å². The molecule has 1 saturated heterocycles. The normalized spacial score (nSPS) is 20.2. The first kappa shape index (κ1) is 18.7. The van der Waals surface area contributed by atoms with Crippen molar-refractivity contribution in [2.45, 2.75) is 90.5 Å². The fraction of sp³-hybridized carbons (Fsp3) is 0.750. The summed E-state index contributed by atoms with van der Waals surface area (Å²) in [6.45, 7) is 19.1. The molecular weight excluding hydrogens is 296 g/mol. The number of rotatable bonds is 6. The molecule has 1 aromatic rings. The van der Waals surface area contributed by atoms with Crippen LogP contribution in [0.25, 0.3) is 0 Å². The smallest absolute Gasteiger partial charge is 0.0962 e. The van der Waals surface area contributed by atoms with Gasteiger partial charge in [0.15, 0.2) is 0 Å². The van der Waals surface area contributed by atoms with Gasteiger partial charge in [-0.25, -0.2) is 0 Å². The van der Waals surface area contributed by atoms with E-state index in [4.69, 9.17) is 4.98 Å². The summed E-state index contributed by atoms with van der Waals surface area (Å²) in [5.41, 5.74) is 3.47. The molecule has 0 aliphatic carbocycles. The van der Waals surface area contributed by atoms with Crippen LogP contribution >= 0.6 is 0 Å². The Labute approximate surface area is 144 Å². The second kappa shape index (κ2) is 7.48. The molecule has 2 rings (SSSR count). The summed E-state index contributed by atoms with van der Waals surface area (Å²) in [4.78, 5) is 7.45. The lowest BCUT2D eigenvalue weighted by Crippen LogP contribution is -2.55. The Bertz CT molecular complexity index is 471. The van der Waals surface area contributed by atoms with Crippen molar-refractivity contribution in [3.63, 3.8) is 0 Å². The van der Waals surface area contributed by atoms with Crippen molar-refractivity contribution in [2.75, 3.05) is 6.54 Å². The summed E-state index contributed by atoms with van der Waals surface area (Å²) < 4.78 is 0. The number of pyridine rings is 1. The van der Waals surface area contributed by atoms with Gasteiger partial charge in [0.2, 0.25) is 0 Å². The van der Waals surface area contributed by atoms with E-state index in [2.05, 4.69) is 71.7 Å². The number of likely N-dealkylation sites (tertiary alicyclic amines) is 1. The van der Waals surface area contributed by atoms with Gasteiger partial charge in [-0.15, -0.1) is 0 Å². The Hall–Kier alpha value is -0.673. The summed E-state index contributed by atoms with van der Waals surface area (Å²) in [5, 5.41) is 1.55. The summed E-state index contributed by atoms with van der Waals surface area (Å²) >= 11 is 0. The quantitative estimate of drug-likeness (QED) is 0.685. The Balaban J connectivity index is 2.25. The first-order valence-corrected chi connectivity index (χ1v) is 11.7. The highest BCUT2D eigenvalue weighted by Gasteiger charge is 2.44. The van der Waals surface area contributed by atoms with Gasteiger partial charge in [0.1, 0.15) is 0 Å². The molecule has 23 heavy (non-hydrogen) atoms. The molecule has 0 bridgehead atoms. The molecule has 1 aliphatic rings. The summed E-state index contributed by atoms with van der Waals surface area (Å²) in [5.74, 6) is 0. The van der Waals surface area contributed by atoms with Crippen LogP contribution in [0.4, 0.5) is 0 Å². The third kappa shape index (κ3) is 3.56. The molecule has 1 atom stereocenters. The van der Waals surface area contributed by atoms with E-state index in [1.807, 2.05) is 0 Å². The average Bonchev–Trinajstić information content (AvgIpc) is 2.85. The van der Waals surface area contributed by atoms with Gasteiger partial charge in [-0.1, -0.05) is 47.6 Å². The van der Waals surface area contributed by atoms with Gasteiger partial charge in [0, 0.05) is 18.8 Å². The maximum absolute atomic E-state index is 4.88. The lowest BCUT2D eigenvalue weighted by molar-refractivity contribution is 0.257. The van der Waals surface area contributed by atoms with Crippen molar-refractivity contribution in [1.29, 1.82) is 0 Å². The van der Waals surface area contributed by atoms with Gasteiger partial charge in [0.25, 0.3) is 0 Å². The molecule has 0 unspecified atom stereocenters. The third-order valence-corrected chi connectivity index (χ3v) is 13.3. The molecule has 0 radical (unpaired) electrons. The number of hydrogen-bond acceptors (Lipinski definition) is 2. The van der Waals surface area contributed by atoms with E-state index < -0.39 is 8.07 Å². The molecule has 1 aliphatic heterocycles. The van der Waals surface area contributed by atoms with E-state index in [0.717, 1.165) is 23.2 Å². The van der Waals surface area contributed by atoms with Gasteiger partial charge in [0.05, 0.1) is 13.8 Å². The standard InChI is InChI=1S/C20H36N2Si/c1-15(2)23(16(3)4,17(5)6)20-11-10-19(21-13-20)14-22-12-8-9-18(22)7/h10-11,13,15-18H,8-9,12,14H2,1-7H3/t18-/m1/s1. The zero-order valence-electron chi connectivity index (χ0n) is 16.3. The minimum absolute atomic E-state index is 0.715. The second-order valence-corrected chi connectivity index (χ2v) is 14.3. The Morgan fingerprint density at radius 3 is 2.09 bits per heavy atom. The van der Waals surface area contributed by atoms with Gasteiger partial charge in [-0.05, 0) is 54.2 Å². The molecule has 0 saturated carbocycles. The largest absolute Gasteiger partial charge is 0.295 e. The van der Waals surface area contributed by atoms with Crippen LogP contribution in [0, 0.1) is 0 Å². The Kier molecular flexibility index (Phi) is 6.07. The molecular formula is C20H36N2Si. The minimum Gasteiger partial charge on any atom is -0.295 e. The molecule has 1 fully saturated rings. The van der Waals surface area contributed by atoms with Crippen molar-refractivity contribution in [3.8, 4) is 0 Å². The second-order valence-electron chi connectivity index (χ2n) is 8.40. The van der Waals surface area contributed by atoms with Gasteiger partial charge in [-0.2, -0.15) is 0 Å². The number of aromatic nitrogens is 1. The lowest BCUT2D eigenvalue weighted by Gasteiger charge is -2.43. The van der Waals surface area contributed by atoms with Crippen LogP contribution in [0.3, 0.4) is 0 Å². The monoisotopic (exact) mass is 332 g/mol. The van der Waals surface area contributed by atoms with Crippen molar-refractivity contribution < 1.29 is 0 Å². The Morgan fingerprint density at radius 2 is 1.70 bits per heavy atom. The fourth-order valence-corrected chi connectivity index (χ4v) is 11.9. The van der Waals surface area contributed by atoms with E-state index >= 15 is 0 Å².